The van der Waals surface area contributed by atoms with E-state index in [1.165, 1.54) is 13.2 Å². The maximum Gasteiger partial charge on any atom is 0.261 e. The number of rotatable bonds is 4. The van der Waals surface area contributed by atoms with Crippen molar-refractivity contribution in [2.75, 3.05) is 23.3 Å². The van der Waals surface area contributed by atoms with Gasteiger partial charge in [0.25, 0.3) is 10.0 Å². The van der Waals surface area contributed by atoms with Gasteiger partial charge in [-0.05, 0) is 61.2 Å². The third-order valence-electron chi connectivity index (χ3n) is 5.11. The minimum Gasteiger partial charge on any atom is -0.495 e. The van der Waals surface area contributed by atoms with Gasteiger partial charge in [0.2, 0.25) is 5.91 Å². The van der Waals surface area contributed by atoms with Gasteiger partial charge in [0.1, 0.15) is 5.75 Å². The third kappa shape index (κ3) is 2.95. The zero-order chi connectivity index (χ0) is 19.3. The molecule has 0 aromatic heterocycles. The van der Waals surface area contributed by atoms with Gasteiger partial charge >= 0.3 is 0 Å². The predicted molar refractivity (Wildman–Crippen MR) is 104 cm³/mol. The summed E-state index contributed by atoms with van der Waals surface area (Å²) in [6, 6.07) is 7.98. The predicted octanol–water partition coefficient (Wildman–Crippen LogP) is 3.55. The Balaban J connectivity index is 1.73. The van der Waals surface area contributed by atoms with Gasteiger partial charge in [0, 0.05) is 6.54 Å². The molecule has 0 saturated carbocycles. The lowest BCUT2D eigenvalue weighted by atomic mass is 9.97. The van der Waals surface area contributed by atoms with E-state index in [0.29, 0.717) is 23.0 Å². The van der Waals surface area contributed by atoms with E-state index < -0.39 is 10.0 Å². The van der Waals surface area contributed by atoms with E-state index in [4.69, 9.17) is 16.3 Å². The van der Waals surface area contributed by atoms with Gasteiger partial charge in [-0.25, -0.2) is 8.42 Å². The highest BCUT2D eigenvalue weighted by atomic mass is 35.5. The van der Waals surface area contributed by atoms with Crippen LogP contribution in [0.4, 0.5) is 11.4 Å². The smallest absolute Gasteiger partial charge is 0.261 e. The number of halogens is 1. The van der Waals surface area contributed by atoms with Crippen LogP contribution in [0.2, 0.25) is 5.02 Å². The molecule has 0 spiro atoms. The second-order valence-electron chi connectivity index (χ2n) is 6.79. The number of amides is 1. The van der Waals surface area contributed by atoms with Gasteiger partial charge in [-0.15, -0.1) is 0 Å². The summed E-state index contributed by atoms with van der Waals surface area (Å²) >= 11 is 6.08. The van der Waals surface area contributed by atoms with Crippen LogP contribution in [-0.4, -0.2) is 28.0 Å². The Kier molecular flexibility index (Phi) is 4.31. The van der Waals surface area contributed by atoms with Crippen molar-refractivity contribution in [1.29, 1.82) is 0 Å². The zero-order valence-corrected chi connectivity index (χ0v) is 16.5. The van der Waals surface area contributed by atoms with Crippen LogP contribution < -0.4 is 14.4 Å². The van der Waals surface area contributed by atoms with Gasteiger partial charge in [0.15, 0.2) is 0 Å². The molecule has 142 valence electrons. The summed E-state index contributed by atoms with van der Waals surface area (Å²) in [6.45, 7) is 2.52. The standard InChI is InChI=1S/C19H19ClN2O4S/c1-11-15-10-14(8-12-4-3-7-22(18(12)15)19(11)23)27(24,25)21-13-5-6-17(26-2)16(20)9-13/h5-6,8-11,21H,3-4,7H2,1-2H3. The van der Waals surface area contributed by atoms with E-state index in [2.05, 4.69) is 4.72 Å². The van der Waals surface area contributed by atoms with Crippen LogP contribution in [0.1, 0.15) is 30.4 Å². The number of sulfonamides is 1. The molecule has 0 saturated heterocycles. The van der Waals surface area contributed by atoms with Crippen LogP contribution in [0.25, 0.3) is 0 Å². The average molecular weight is 407 g/mol. The summed E-state index contributed by atoms with van der Waals surface area (Å²) in [6.07, 6.45) is 1.59. The summed E-state index contributed by atoms with van der Waals surface area (Å²) in [5.74, 6) is 0.173. The Hall–Kier alpha value is -2.25. The topological polar surface area (TPSA) is 75.7 Å². The number of aryl methyl sites for hydroxylation is 1. The van der Waals surface area contributed by atoms with Crippen molar-refractivity contribution >= 4 is 38.9 Å². The van der Waals surface area contributed by atoms with Gasteiger partial charge in [-0.3, -0.25) is 9.52 Å². The first-order valence-electron chi connectivity index (χ1n) is 8.66. The molecule has 0 fully saturated rings. The number of nitrogens with zero attached hydrogens (tertiary/aromatic N) is 1. The molecule has 0 aliphatic carbocycles. The van der Waals surface area contributed by atoms with E-state index in [0.717, 1.165) is 29.7 Å². The number of benzene rings is 2. The van der Waals surface area contributed by atoms with Crippen molar-refractivity contribution < 1.29 is 17.9 Å². The molecule has 27 heavy (non-hydrogen) atoms. The first-order valence-corrected chi connectivity index (χ1v) is 10.5. The molecule has 1 unspecified atom stereocenters. The molecule has 2 aliphatic heterocycles. The molecule has 2 heterocycles. The molecular weight excluding hydrogens is 388 g/mol. The molecule has 8 heteroatoms. The Morgan fingerprint density at radius 2 is 2.04 bits per heavy atom. The number of hydrogen-bond donors (Lipinski definition) is 1. The lowest BCUT2D eigenvalue weighted by Crippen LogP contribution is -2.32. The van der Waals surface area contributed by atoms with Crippen molar-refractivity contribution in [2.24, 2.45) is 0 Å². The van der Waals surface area contributed by atoms with Crippen molar-refractivity contribution in [2.45, 2.75) is 30.6 Å². The number of carbonyl (C=O) groups excluding carboxylic acids is 1. The van der Waals surface area contributed by atoms with Crippen molar-refractivity contribution in [3.8, 4) is 5.75 Å². The van der Waals surface area contributed by atoms with Gasteiger partial charge in [-0.2, -0.15) is 0 Å². The number of carbonyl (C=O) groups is 1. The quantitative estimate of drug-likeness (QED) is 0.842. The zero-order valence-electron chi connectivity index (χ0n) is 15.0. The summed E-state index contributed by atoms with van der Waals surface area (Å²) < 4.78 is 33.5. The monoisotopic (exact) mass is 406 g/mol. The molecule has 1 N–H and O–H groups in total. The van der Waals surface area contributed by atoms with Crippen LogP contribution in [0.15, 0.2) is 35.2 Å². The first kappa shape index (κ1) is 18.1. The number of anilines is 2. The highest BCUT2D eigenvalue weighted by molar-refractivity contribution is 7.92. The van der Waals surface area contributed by atoms with Crippen LogP contribution in [-0.2, 0) is 21.2 Å². The fourth-order valence-corrected chi connectivity index (χ4v) is 5.16. The first-order chi connectivity index (χ1) is 12.8. The SMILES string of the molecule is COc1ccc(NS(=O)(=O)c2cc3c4c(c2)C(C)C(=O)N4CCC3)cc1Cl. The average Bonchev–Trinajstić information content (AvgIpc) is 2.88. The molecule has 2 aromatic carbocycles. The molecule has 0 radical (unpaired) electrons. The highest BCUT2D eigenvalue weighted by Crippen LogP contribution is 2.44. The van der Waals surface area contributed by atoms with Gasteiger partial charge in [0.05, 0.1) is 34.3 Å². The molecule has 2 aromatic rings. The molecule has 1 amide bonds. The minimum absolute atomic E-state index is 0.0374. The highest BCUT2D eigenvalue weighted by Gasteiger charge is 2.38. The Bertz CT molecular complexity index is 1050. The van der Waals surface area contributed by atoms with E-state index in [1.54, 1.807) is 29.2 Å². The fourth-order valence-electron chi connectivity index (χ4n) is 3.76. The fraction of sp³-hybridized carbons (Fsp3) is 0.316. The molecule has 0 bridgehead atoms. The Labute approximate surface area is 163 Å². The van der Waals surface area contributed by atoms with Crippen molar-refractivity contribution in [1.82, 2.24) is 0 Å². The number of methoxy groups -OCH3 is 1. The summed E-state index contributed by atoms with van der Waals surface area (Å²) in [7, 11) is -2.32. The van der Waals surface area contributed by atoms with Gasteiger partial charge in [-0.1, -0.05) is 11.6 Å². The van der Waals surface area contributed by atoms with E-state index in [9.17, 15) is 13.2 Å². The Morgan fingerprint density at radius 3 is 2.74 bits per heavy atom. The number of nitrogens with one attached hydrogen (secondary N) is 1. The van der Waals surface area contributed by atoms with E-state index in [-0.39, 0.29) is 16.7 Å². The second-order valence-corrected chi connectivity index (χ2v) is 8.88. The molecule has 4 rings (SSSR count). The maximum atomic E-state index is 12.9. The van der Waals surface area contributed by atoms with Crippen LogP contribution >= 0.6 is 11.6 Å². The molecule has 1 atom stereocenters. The minimum atomic E-state index is -3.82. The number of hydrogen-bond acceptors (Lipinski definition) is 4. The van der Waals surface area contributed by atoms with Crippen molar-refractivity contribution in [3.63, 3.8) is 0 Å². The third-order valence-corrected chi connectivity index (χ3v) is 6.76. The maximum absolute atomic E-state index is 12.9. The largest absolute Gasteiger partial charge is 0.495 e. The van der Waals surface area contributed by atoms with E-state index >= 15 is 0 Å². The summed E-state index contributed by atoms with van der Waals surface area (Å²) in [5.41, 5.74) is 2.93. The van der Waals surface area contributed by atoms with Crippen molar-refractivity contribution in [3.05, 3.63) is 46.5 Å². The summed E-state index contributed by atoms with van der Waals surface area (Å²) in [5, 5.41) is 0.316. The molecular formula is C19H19ClN2O4S. The van der Waals surface area contributed by atoms with Crippen LogP contribution in [0.5, 0.6) is 5.75 Å². The summed E-state index contributed by atoms with van der Waals surface area (Å²) in [4.78, 5) is 14.4. The Morgan fingerprint density at radius 1 is 1.26 bits per heavy atom. The lowest BCUT2D eigenvalue weighted by molar-refractivity contribution is -0.119. The second kappa shape index (κ2) is 6.42. The number of ether oxygens (including phenoxy) is 1. The lowest BCUT2D eigenvalue weighted by Gasteiger charge is -2.26. The normalized spacial score (nSPS) is 18.4. The molecule has 2 aliphatic rings. The van der Waals surface area contributed by atoms with E-state index in [1.807, 2.05) is 6.92 Å². The molecule has 6 nitrogen and oxygen atoms in total. The van der Waals surface area contributed by atoms with Crippen LogP contribution in [0, 0.1) is 0 Å². The van der Waals surface area contributed by atoms with Crippen LogP contribution in [0.3, 0.4) is 0 Å². The van der Waals surface area contributed by atoms with Gasteiger partial charge < -0.3 is 9.64 Å².